The number of halogens is 1. The molecule has 4 aromatic rings. The van der Waals surface area contributed by atoms with E-state index in [-0.39, 0.29) is 15.6 Å². The second-order valence-corrected chi connectivity index (χ2v) is 10.0. The van der Waals surface area contributed by atoms with Crippen molar-refractivity contribution in [1.82, 2.24) is 4.98 Å². The molecule has 0 N–H and O–H groups in total. The van der Waals surface area contributed by atoms with Gasteiger partial charge in [-0.15, -0.1) is 0 Å². The van der Waals surface area contributed by atoms with E-state index in [1.807, 2.05) is 23.1 Å². The zero-order valence-corrected chi connectivity index (χ0v) is 19.5. The number of nitrogens with zero attached hydrogens (tertiary/aromatic N) is 3. The first kappa shape index (κ1) is 22.2. The van der Waals surface area contributed by atoms with Gasteiger partial charge in [0.1, 0.15) is 16.5 Å². The number of aromatic nitrogens is 1. The van der Waals surface area contributed by atoms with E-state index in [0.717, 1.165) is 0 Å². The van der Waals surface area contributed by atoms with Crippen LogP contribution in [0.3, 0.4) is 0 Å². The normalized spacial score (nSPS) is 14.4. The number of rotatable bonds is 5. The first-order valence-electron chi connectivity index (χ1n) is 11.0. The molecular formula is C26H24FN3O3S. The molecule has 0 aliphatic carbocycles. The Labute approximate surface area is 198 Å². The lowest BCUT2D eigenvalue weighted by Gasteiger charge is -2.38. The zero-order valence-electron chi connectivity index (χ0n) is 18.7. The molecule has 0 saturated carbocycles. The highest BCUT2D eigenvalue weighted by Gasteiger charge is 2.29. The quantitative estimate of drug-likeness (QED) is 0.421. The molecule has 0 radical (unpaired) electrons. The van der Waals surface area contributed by atoms with Gasteiger partial charge in [-0.1, -0.05) is 30.3 Å². The van der Waals surface area contributed by atoms with Gasteiger partial charge in [0.2, 0.25) is 9.84 Å². The first-order chi connectivity index (χ1) is 16.5. The van der Waals surface area contributed by atoms with Crippen LogP contribution in [0.2, 0.25) is 0 Å². The van der Waals surface area contributed by atoms with E-state index >= 15 is 0 Å². The number of hydrogen-bond donors (Lipinski definition) is 0. The van der Waals surface area contributed by atoms with Gasteiger partial charge in [-0.25, -0.2) is 12.8 Å². The number of methoxy groups -OCH3 is 1. The summed E-state index contributed by atoms with van der Waals surface area (Å²) in [5, 5.41) is 0.704. The Morgan fingerprint density at radius 1 is 0.882 bits per heavy atom. The molecule has 0 amide bonds. The lowest BCUT2D eigenvalue weighted by molar-refractivity contribution is 0.415. The maximum atomic E-state index is 14.3. The second-order valence-electron chi connectivity index (χ2n) is 8.10. The topological polar surface area (TPSA) is 62.7 Å². The number of benzene rings is 3. The van der Waals surface area contributed by atoms with E-state index in [2.05, 4.69) is 9.88 Å². The number of hydrogen-bond acceptors (Lipinski definition) is 6. The molecule has 1 aliphatic rings. The van der Waals surface area contributed by atoms with Gasteiger partial charge in [0.15, 0.2) is 0 Å². The number of pyridine rings is 1. The van der Waals surface area contributed by atoms with E-state index in [9.17, 15) is 12.8 Å². The van der Waals surface area contributed by atoms with Crippen LogP contribution in [0.15, 0.2) is 88.8 Å². The van der Waals surface area contributed by atoms with E-state index in [1.165, 1.54) is 12.3 Å². The van der Waals surface area contributed by atoms with Gasteiger partial charge in [-0.05, 0) is 42.5 Å². The van der Waals surface area contributed by atoms with Crippen molar-refractivity contribution >= 4 is 32.1 Å². The molecule has 34 heavy (non-hydrogen) atoms. The molecule has 1 saturated heterocycles. The molecule has 0 atom stereocenters. The SMILES string of the molecule is COc1ccc2ncc(S(=O)(=O)c3ccccc3)c(N3CCN(c4ccccc4F)CC3)c2c1. The first-order valence-corrected chi connectivity index (χ1v) is 12.5. The smallest absolute Gasteiger partial charge is 0.210 e. The number of piperazine rings is 1. The minimum Gasteiger partial charge on any atom is -0.497 e. The van der Waals surface area contributed by atoms with E-state index in [0.29, 0.717) is 54.2 Å². The fourth-order valence-electron chi connectivity index (χ4n) is 4.40. The van der Waals surface area contributed by atoms with Crippen molar-refractivity contribution in [3.63, 3.8) is 0 Å². The van der Waals surface area contributed by atoms with Crippen LogP contribution < -0.4 is 14.5 Å². The van der Waals surface area contributed by atoms with Crippen molar-refractivity contribution in [2.24, 2.45) is 0 Å². The minimum absolute atomic E-state index is 0.152. The molecule has 0 unspecified atom stereocenters. The summed E-state index contributed by atoms with van der Waals surface area (Å²) < 4.78 is 47.1. The molecule has 0 spiro atoms. The molecule has 1 fully saturated rings. The van der Waals surface area contributed by atoms with Gasteiger partial charge in [0.25, 0.3) is 0 Å². The second kappa shape index (κ2) is 8.95. The highest BCUT2D eigenvalue weighted by atomic mass is 32.2. The summed E-state index contributed by atoms with van der Waals surface area (Å²) >= 11 is 0. The Kier molecular flexibility index (Phi) is 5.83. The number of ether oxygens (including phenoxy) is 1. The molecule has 1 aliphatic heterocycles. The molecular weight excluding hydrogens is 453 g/mol. The monoisotopic (exact) mass is 477 g/mol. The van der Waals surface area contributed by atoms with Crippen molar-refractivity contribution in [2.75, 3.05) is 43.1 Å². The Morgan fingerprint density at radius 3 is 2.26 bits per heavy atom. The van der Waals surface area contributed by atoms with Crippen molar-refractivity contribution < 1.29 is 17.5 Å². The Hall–Kier alpha value is -3.65. The van der Waals surface area contributed by atoms with Gasteiger partial charge in [0.05, 0.1) is 28.9 Å². The molecule has 6 nitrogen and oxygen atoms in total. The summed E-state index contributed by atoms with van der Waals surface area (Å²) in [6.45, 7) is 2.17. The minimum atomic E-state index is -3.82. The zero-order chi connectivity index (χ0) is 23.7. The fraction of sp³-hybridized carbons (Fsp3) is 0.192. The third-order valence-electron chi connectivity index (χ3n) is 6.15. The third-order valence-corrected chi connectivity index (χ3v) is 7.92. The highest BCUT2D eigenvalue weighted by Crippen LogP contribution is 2.38. The summed E-state index contributed by atoms with van der Waals surface area (Å²) in [5.74, 6) is 0.359. The number of para-hydroxylation sites is 1. The molecule has 174 valence electrons. The number of anilines is 2. The van der Waals surface area contributed by atoms with Crippen molar-refractivity contribution in [3.8, 4) is 5.75 Å². The van der Waals surface area contributed by atoms with Crippen LogP contribution in [-0.2, 0) is 9.84 Å². The molecule has 5 rings (SSSR count). The maximum absolute atomic E-state index is 14.3. The average Bonchev–Trinajstić information content (AvgIpc) is 2.88. The largest absolute Gasteiger partial charge is 0.497 e. The van der Waals surface area contributed by atoms with E-state index in [4.69, 9.17) is 4.74 Å². The standard InChI is InChI=1S/C26H24FN3O3S/c1-33-19-11-12-23-21(17-19)26(25(18-28-23)34(31,32)20-7-3-2-4-8-20)30-15-13-29(14-16-30)24-10-6-5-9-22(24)27/h2-12,17-18H,13-16H2,1H3. The van der Waals surface area contributed by atoms with Gasteiger partial charge in [-0.2, -0.15) is 0 Å². The number of sulfone groups is 1. The summed E-state index contributed by atoms with van der Waals surface area (Å²) in [5.41, 5.74) is 1.83. The molecule has 3 aromatic carbocycles. The fourth-order valence-corrected chi connectivity index (χ4v) is 5.85. The van der Waals surface area contributed by atoms with Gasteiger partial charge in [-0.3, -0.25) is 4.98 Å². The van der Waals surface area contributed by atoms with Crippen LogP contribution >= 0.6 is 0 Å². The number of fused-ring (bicyclic) bond motifs is 1. The molecule has 2 heterocycles. The average molecular weight is 478 g/mol. The van der Waals surface area contributed by atoms with Crippen LogP contribution in [0.4, 0.5) is 15.8 Å². The van der Waals surface area contributed by atoms with Crippen molar-refractivity contribution in [2.45, 2.75) is 9.79 Å². The van der Waals surface area contributed by atoms with Gasteiger partial charge < -0.3 is 14.5 Å². The van der Waals surface area contributed by atoms with E-state index in [1.54, 1.807) is 55.6 Å². The van der Waals surface area contributed by atoms with Crippen LogP contribution in [0.25, 0.3) is 10.9 Å². The van der Waals surface area contributed by atoms with Crippen molar-refractivity contribution in [1.29, 1.82) is 0 Å². The molecule has 8 heteroatoms. The van der Waals surface area contributed by atoms with Gasteiger partial charge in [0, 0.05) is 37.8 Å². The summed E-state index contributed by atoms with van der Waals surface area (Å²) in [7, 11) is -2.25. The highest BCUT2D eigenvalue weighted by molar-refractivity contribution is 7.91. The van der Waals surface area contributed by atoms with Crippen LogP contribution in [0.1, 0.15) is 0 Å². The van der Waals surface area contributed by atoms with Crippen molar-refractivity contribution in [3.05, 3.63) is 84.8 Å². The van der Waals surface area contributed by atoms with E-state index < -0.39 is 9.84 Å². The maximum Gasteiger partial charge on any atom is 0.210 e. The Morgan fingerprint density at radius 2 is 1.56 bits per heavy atom. The third kappa shape index (κ3) is 3.94. The van der Waals surface area contributed by atoms with Gasteiger partial charge >= 0.3 is 0 Å². The Bertz CT molecular complexity index is 1440. The molecule has 0 bridgehead atoms. The van der Waals surface area contributed by atoms with Crippen LogP contribution in [0, 0.1) is 5.82 Å². The van der Waals surface area contributed by atoms with Crippen LogP contribution in [-0.4, -0.2) is 46.7 Å². The van der Waals surface area contributed by atoms with Crippen LogP contribution in [0.5, 0.6) is 5.75 Å². The predicted molar refractivity (Wildman–Crippen MR) is 131 cm³/mol. The molecule has 1 aromatic heterocycles. The summed E-state index contributed by atoms with van der Waals surface area (Å²) in [6, 6.07) is 20.5. The lowest BCUT2D eigenvalue weighted by Crippen LogP contribution is -2.47. The summed E-state index contributed by atoms with van der Waals surface area (Å²) in [4.78, 5) is 8.86. The predicted octanol–water partition coefficient (Wildman–Crippen LogP) is 4.54. The Balaban J connectivity index is 1.60. The summed E-state index contributed by atoms with van der Waals surface area (Å²) in [6.07, 6.45) is 1.44. The lowest BCUT2D eigenvalue weighted by atomic mass is 10.1.